The van der Waals surface area contributed by atoms with Gasteiger partial charge in [-0.1, -0.05) is 11.6 Å². The van der Waals surface area contributed by atoms with Crippen LogP contribution in [0.4, 0.5) is 19.0 Å². The summed E-state index contributed by atoms with van der Waals surface area (Å²) < 4.78 is 45.6. The maximum Gasteiger partial charge on any atom is 0.453 e. The molecule has 11 heteroatoms. The molecule has 1 aromatic carbocycles. The smallest absolute Gasteiger partial charge is 0.453 e. The normalized spacial score (nSPS) is 15.8. The number of aromatic nitrogens is 4. The van der Waals surface area contributed by atoms with E-state index < -0.39 is 12.0 Å². The van der Waals surface area contributed by atoms with Gasteiger partial charge >= 0.3 is 6.18 Å². The number of alkyl halides is 3. The Balaban J connectivity index is 1.33. The zero-order chi connectivity index (χ0) is 20.4. The maximum absolute atomic E-state index is 13.0. The van der Waals surface area contributed by atoms with Crippen LogP contribution in [-0.2, 0) is 6.18 Å². The molecule has 154 valence electrons. The number of fused-ring (bicyclic) bond motifs is 1. The van der Waals surface area contributed by atoms with E-state index in [1.807, 2.05) is 17.0 Å². The number of hydrogen-bond acceptors (Lipinski definition) is 6. The number of nitrogens with zero attached hydrogens (tertiary/aromatic N) is 6. The number of piperazine rings is 1. The van der Waals surface area contributed by atoms with Gasteiger partial charge < -0.3 is 9.64 Å². The van der Waals surface area contributed by atoms with Gasteiger partial charge in [0.1, 0.15) is 18.2 Å². The molecule has 1 aliphatic rings. The standard InChI is InChI=1S/C18H18ClF3N6O/c19-13-1-3-14(4-2-13)29-12-11-26-7-9-27(10-8-26)16-6-5-15-23-24-17(18(20,21)22)28(15)25-16/h1-6H,7-12H2. The Morgan fingerprint density at radius 3 is 2.38 bits per heavy atom. The van der Waals surface area contributed by atoms with Crippen LogP contribution in [0.2, 0.25) is 5.02 Å². The summed E-state index contributed by atoms with van der Waals surface area (Å²) in [6.45, 7) is 4.13. The lowest BCUT2D eigenvalue weighted by molar-refractivity contribution is -0.146. The highest BCUT2D eigenvalue weighted by Gasteiger charge is 2.37. The van der Waals surface area contributed by atoms with Crippen molar-refractivity contribution >= 4 is 23.1 Å². The number of hydrogen-bond donors (Lipinski definition) is 0. The summed E-state index contributed by atoms with van der Waals surface area (Å²) >= 11 is 5.85. The van der Waals surface area contributed by atoms with Gasteiger partial charge in [0.15, 0.2) is 5.65 Å². The SMILES string of the molecule is FC(F)(F)c1nnc2ccc(N3CCN(CCOc4ccc(Cl)cc4)CC3)nn12. The summed E-state index contributed by atoms with van der Waals surface area (Å²) in [6.07, 6.45) is -4.60. The van der Waals surface area contributed by atoms with Gasteiger partial charge in [0.05, 0.1) is 0 Å². The van der Waals surface area contributed by atoms with Crippen LogP contribution in [0, 0.1) is 0 Å². The third-order valence-electron chi connectivity index (χ3n) is 4.69. The maximum atomic E-state index is 13.0. The van der Waals surface area contributed by atoms with Gasteiger partial charge in [0.2, 0.25) is 0 Å². The Kier molecular flexibility index (Phi) is 5.46. The number of rotatable bonds is 5. The number of ether oxygens (including phenoxy) is 1. The highest BCUT2D eigenvalue weighted by molar-refractivity contribution is 6.30. The number of anilines is 1. The molecule has 0 aliphatic carbocycles. The quantitative estimate of drug-likeness (QED) is 0.625. The molecular weight excluding hydrogens is 409 g/mol. The molecular formula is C18H18ClF3N6O. The highest BCUT2D eigenvalue weighted by Crippen LogP contribution is 2.28. The van der Waals surface area contributed by atoms with Gasteiger partial charge in [-0.05, 0) is 36.4 Å². The summed E-state index contributed by atoms with van der Waals surface area (Å²) in [5.74, 6) is 0.118. The van der Waals surface area contributed by atoms with Crippen molar-refractivity contribution < 1.29 is 17.9 Å². The van der Waals surface area contributed by atoms with Crippen LogP contribution in [0.1, 0.15) is 5.82 Å². The molecule has 3 heterocycles. The molecule has 0 unspecified atom stereocenters. The molecule has 0 spiro atoms. The largest absolute Gasteiger partial charge is 0.492 e. The van der Waals surface area contributed by atoms with E-state index in [9.17, 15) is 13.2 Å². The second kappa shape index (κ2) is 8.03. The monoisotopic (exact) mass is 426 g/mol. The number of halogens is 4. The van der Waals surface area contributed by atoms with Crippen LogP contribution < -0.4 is 9.64 Å². The summed E-state index contributed by atoms with van der Waals surface area (Å²) in [6, 6.07) is 10.4. The Bertz CT molecular complexity index is 970. The zero-order valence-corrected chi connectivity index (χ0v) is 16.1. The average Bonchev–Trinajstić information content (AvgIpc) is 3.14. The molecule has 0 bridgehead atoms. The van der Waals surface area contributed by atoms with E-state index in [0.717, 1.165) is 29.9 Å². The number of benzene rings is 1. The molecule has 1 aliphatic heterocycles. The van der Waals surface area contributed by atoms with Gasteiger partial charge in [-0.15, -0.1) is 15.3 Å². The van der Waals surface area contributed by atoms with E-state index in [-0.39, 0.29) is 5.65 Å². The van der Waals surface area contributed by atoms with E-state index in [4.69, 9.17) is 16.3 Å². The Morgan fingerprint density at radius 2 is 1.69 bits per heavy atom. The molecule has 1 saturated heterocycles. The van der Waals surface area contributed by atoms with Gasteiger partial charge in [-0.3, -0.25) is 4.90 Å². The fourth-order valence-corrected chi connectivity index (χ4v) is 3.27. The van der Waals surface area contributed by atoms with E-state index in [1.54, 1.807) is 18.2 Å². The first kappa shape index (κ1) is 19.7. The molecule has 29 heavy (non-hydrogen) atoms. The molecule has 0 amide bonds. The average molecular weight is 427 g/mol. The van der Waals surface area contributed by atoms with Crippen molar-refractivity contribution in [2.24, 2.45) is 0 Å². The summed E-state index contributed by atoms with van der Waals surface area (Å²) in [7, 11) is 0. The van der Waals surface area contributed by atoms with Crippen molar-refractivity contribution in [1.29, 1.82) is 0 Å². The van der Waals surface area contributed by atoms with Crippen LogP contribution in [-0.4, -0.2) is 64.0 Å². The first-order valence-electron chi connectivity index (χ1n) is 9.05. The Labute approximate surface area is 169 Å². The van der Waals surface area contributed by atoms with E-state index in [2.05, 4.69) is 20.2 Å². The fraction of sp³-hybridized carbons (Fsp3) is 0.389. The van der Waals surface area contributed by atoms with Crippen LogP contribution in [0.15, 0.2) is 36.4 Å². The van der Waals surface area contributed by atoms with E-state index in [0.29, 0.717) is 30.5 Å². The predicted molar refractivity (Wildman–Crippen MR) is 101 cm³/mol. The summed E-state index contributed by atoms with van der Waals surface area (Å²) in [5, 5.41) is 11.5. The van der Waals surface area contributed by atoms with Gasteiger partial charge in [-0.2, -0.15) is 17.7 Å². The molecule has 3 aromatic rings. The first-order chi connectivity index (χ1) is 13.9. The fourth-order valence-electron chi connectivity index (χ4n) is 3.15. The molecule has 4 rings (SSSR count). The molecule has 2 aromatic heterocycles. The molecule has 1 fully saturated rings. The summed E-state index contributed by atoms with van der Waals surface area (Å²) in [5.41, 5.74) is 0.0686. The topological polar surface area (TPSA) is 58.8 Å². The van der Waals surface area contributed by atoms with E-state index >= 15 is 0 Å². The molecule has 0 atom stereocenters. The third kappa shape index (κ3) is 4.54. The lowest BCUT2D eigenvalue weighted by atomic mass is 10.3. The lowest BCUT2D eigenvalue weighted by Crippen LogP contribution is -2.47. The molecule has 0 saturated carbocycles. The third-order valence-corrected chi connectivity index (χ3v) is 4.94. The van der Waals surface area contributed by atoms with Crippen molar-refractivity contribution in [3.63, 3.8) is 0 Å². The minimum absolute atomic E-state index is 0.0686. The minimum Gasteiger partial charge on any atom is -0.492 e. The molecule has 0 radical (unpaired) electrons. The Hall–Kier alpha value is -2.59. The molecule has 7 nitrogen and oxygen atoms in total. The highest BCUT2D eigenvalue weighted by atomic mass is 35.5. The second-order valence-electron chi connectivity index (χ2n) is 6.61. The van der Waals surface area contributed by atoms with Crippen molar-refractivity contribution in [3.05, 3.63) is 47.2 Å². The Morgan fingerprint density at radius 1 is 0.966 bits per heavy atom. The molecule has 0 N–H and O–H groups in total. The van der Waals surface area contributed by atoms with Crippen LogP contribution >= 0.6 is 11.6 Å². The summed E-state index contributed by atoms with van der Waals surface area (Å²) in [4.78, 5) is 4.20. The van der Waals surface area contributed by atoms with Crippen molar-refractivity contribution in [2.75, 3.05) is 44.2 Å². The van der Waals surface area contributed by atoms with Gasteiger partial charge in [0.25, 0.3) is 5.82 Å². The van der Waals surface area contributed by atoms with Crippen LogP contribution in [0.3, 0.4) is 0 Å². The zero-order valence-electron chi connectivity index (χ0n) is 15.3. The van der Waals surface area contributed by atoms with Gasteiger partial charge in [0, 0.05) is 37.7 Å². The van der Waals surface area contributed by atoms with E-state index in [1.165, 1.54) is 6.07 Å². The van der Waals surface area contributed by atoms with Crippen molar-refractivity contribution in [2.45, 2.75) is 6.18 Å². The lowest BCUT2D eigenvalue weighted by Gasteiger charge is -2.35. The van der Waals surface area contributed by atoms with Crippen molar-refractivity contribution in [3.8, 4) is 5.75 Å². The first-order valence-corrected chi connectivity index (χ1v) is 9.43. The predicted octanol–water partition coefficient (Wildman–Crippen LogP) is 3.00. The minimum atomic E-state index is -4.60. The second-order valence-corrected chi connectivity index (χ2v) is 7.05. The van der Waals surface area contributed by atoms with Crippen LogP contribution in [0.25, 0.3) is 5.65 Å². The van der Waals surface area contributed by atoms with Crippen LogP contribution in [0.5, 0.6) is 5.75 Å². The van der Waals surface area contributed by atoms with Gasteiger partial charge in [-0.25, -0.2) is 0 Å². The van der Waals surface area contributed by atoms with Crippen molar-refractivity contribution in [1.82, 2.24) is 24.7 Å².